The fourth-order valence-corrected chi connectivity index (χ4v) is 1.68. The molecule has 0 aromatic carbocycles. The van der Waals surface area contributed by atoms with Crippen molar-refractivity contribution in [3.8, 4) is 0 Å². The highest BCUT2D eigenvalue weighted by molar-refractivity contribution is 9.09. The van der Waals surface area contributed by atoms with Crippen molar-refractivity contribution in [2.75, 3.05) is 11.9 Å². The first kappa shape index (κ1) is 12.3. The highest BCUT2D eigenvalue weighted by Gasteiger charge is 2.10. The lowest BCUT2D eigenvalue weighted by molar-refractivity contribution is 0.0924. The number of hydrogen-bond donors (Lipinski definition) is 1. The van der Waals surface area contributed by atoms with Crippen LogP contribution in [0.25, 0.3) is 0 Å². The van der Waals surface area contributed by atoms with E-state index in [9.17, 15) is 4.79 Å². The van der Waals surface area contributed by atoms with Gasteiger partial charge in [-0.1, -0.05) is 22.4 Å². The Morgan fingerprint density at radius 3 is 2.87 bits per heavy atom. The van der Waals surface area contributed by atoms with Crippen LogP contribution in [-0.2, 0) is 0 Å². The van der Waals surface area contributed by atoms with E-state index in [4.69, 9.17) is 4.42 Å². The molecule has 15 heavy (non-hydrogen) atoms. The van der Waals surface area contributed by atoms with Crippen LogP contribution in [0.1, 0.15) is 35.4 Å². The molecule has 0 fully saturated rings. The molecule has 0 saturated heterocycles. The van der Waals surface area contributed by atoms with Gasteiger partial charge in [-0.3, -0.25) is 4.79 Å². The van der Waals surface area contributed by atoms with E-state index in [1.807, 2.05) is 6.92 Å². The predicted octanol–water partition coefficient (Wildman–Crippen LogP) is 2.88. The zero-order valence-electron chi connectivity index (χ0n) is 8.88. The van der Waals surface area contributed by atoms with Crippen LogP contribution in [0.2, 0.25) is 0 Å². The SMILES string of the molecule is Cc1ccoc1C(=O)NCCCCCBr. The standard InChI is InChI=1S/C11H16BrNO2/c1-9-5-8-15-10(9)11(14)13-7-4-2-3-6-12/h5,8H,2-4,6-7H2,1H3,(H,13,14). The Hall–Kier alpha value is -0.770. The predicted molar refractivity (Wildman–Crippen MR) is 63.4 cm³/mol. The molecule has 1 heterocycles. The summed E-state index contributed by atoms with van der Waals surface area (Å²) < 4.78 is 5.08. The van der Waals surface area contributed by atoms with Gasteiger partial charge < -0.3 is 9.73 Å². The zero-order valence-corrected chi connectivity index (χ0v) is 10.5. The largest absolute Gasteiger partial charge is 0.459 e. The molecule has 1 aromatic rings. The number of furan rings is 1. The number of carbonyl (C=O) groups is 1. The van der Waals surface area contributed by atoms with Crippen LogP contribution in [0.5, 0.6) is 0 Å². The smallest absolute Gasteiger partial charge is 0.287 e. The van der Waals surface area contributed by atoms with Crippen LogP contribution in [-0.4, -0.2) is 17.8 Å². The van der Waals surface area contributed by atoms with Crippen molar-refractivity contribution in [3.63, 3.8) is 0 Å². The van der Waals surface area contributed by atoms with Crippen molar-refractivity contribution in [1.82, 2.24) is 5.32 Å². The average Bonchev–Trinajstić information content (AvgIpc) is 2.64. The van der Waals surface area contributed by atoms with E-state index in [-0.39, 0.29) is 5.91 Å². The summed E-state index contributed by atoms with van der Waals surface area (Å²) in [5.41, 5.74) is 0.882. The van der Waals surface area contributed by atoms with Crippen molar-refractivity contribution < 1.29 is 9.21 Å². The Morgan fingerprint density at radius 2 is 2.27 bits per heavy atom. The summed E-state index contributed by atoms with van der Waals surface area (Å²) in [7, 11) is 0. The Labute approximate surface area is 98.4 Å². The Morgan fingerprint density at radius 1 is 1.47 bits per heavy atom. The summed E-state index contributed by atoms with van der Waals surface area (Å²) in [6, 6.07) is 1.79. The summed E-state index contributed by atoms with van der Waals surface area (Å²) in [6.07, 6.45) is 4.82. The summed E-state index contributed by atoms with van der Waals surface area (Å²) in [4.78, 5) is 11.5. The van der Waals surface area contributed by atoms with E-state index in [1.165, 1.54) is 6.26 Å². The minimum Gasteiger partial charge on any atom is -0.459 e. The minimum atomic E-state index is -0.114. The number of hydrogen-bond acceptors (Lipinski definition) is 2. The number of alkyl halides is 1. The molecule has 0 aliphatic rings. The molecular weight excluding hydrogens is 258 g/mol. The molecule has 0 atom stereocenters. The average molecular weight is 274 g/mol. The van der Waals surface area contributed by atoms with Crippen LogP contribution in [0, 0.1) is 6.92 Å². The van der Waals surface area contributed by atoms with Gasteiger partial charge in [0.25, 0.3) is 5.91 Å². The number of unbranched alkanes of at least 4 members (excludes halogenated alkanes) is 2. The topological polar surface area (TPSA) is 42.2 Å². The molecule has 1 rings (SSSR count). The zero-order chi connectivity index (χ0) is 11.1. The molecule has 0 spiro atoms. The molecule has 0 radical (unpaired) electrons. The highest BCUT2D eigenvalue weighted by atomic mass is 79.9. The molecule has 1 amide bonds. The molecule has 1 aromatic heterocycles. The van der Waals surface area contributed by atoms with Crippen molar-refractivity contribution >= 4 is 21.8 Å². The van der Waals surface area contributed by atoms with Gasteiger partial charge >= 0.3 is 0 Å². The molecule has 0 unspecified atom stereocenters. The number of halogens is 1. The molecule has 0 bridgehead atoms. The number of nitrogens with one attached hydrogen (secondary N) is 1. The molecule has 84 valence electrons. The Kier molecular flexibility index (Phi) is 5.47. The van der Waals surface area contributed by atoms with Gasteiger partial charge in [-0.05, 0) is 25.8 Å². The number of rotatable bonds is 6. The first-order valence-electron chi connectivity index (χ1n) is 5.14. The second kappa shape index (κ2) is 6.67. The number of aryl methyl sites for hydroxylation is 1. The van der Waals surface area contributed by atoms with Gasteiger partial charge in [0.1, 0.15) is 0 Å². The van der Waals surface area contributed by atoms with E-state index in [0.29, 0.717) is 12.3 Å². The third kappa shape index (κ3) is 4.08. The van der Waals surface area contributed by atoms with E-state index < -0.39 is 0 Å². The van der Waals surface area contributed by atoms with E-state index in [0.717, 1.165) is 30.2 Å². The molecule has 4 heteroatoms. The van der Waals surface area contributed by atoms with Gasteiger partial charge in [0.15, 0.2) is 5.76 Å². The highest BCUT2D eigenvalue weighted by Crippen LogP contribution is 2.08. The summed E-state index contributed by atoms with van der Waals surface area (Å²) in [6.45, 7) is 2.58. The van der Waals surface area contributed by atoms with Crippen molar-refractivity contribution in [2.24, 2.45) is 0 Å². The van der Waals surface area contributed by atoms with Gasteiger partial charge in [0.05, 0.1) is 6.26 Å². The van der Waals surface area contributed by atoms with E-state index in [1.54, 1.807) is 6.07 Å². The molecule has 1 N–H and O–H groups in total. The van der Waals surface area contributed by atoms with Crippen LogP contribution < -0.4 is 5.32 Å². The van der Waals surface area contributed by atoms with E-state index >= 15 is 0 Å². The van der Waals surface area contributed by atoms with E-state index in [2.05, 4.69) is 21.2 Å². The normalized spacial score (nSPS) is 10.3. The van der Waals surface area contributed by atoms with Gasteiger partial charge in [0, 0.05) is 17.4 Å². The lowest BCUT2D eigenvalue weighted by Gasteiger charge is -2.02. The third-order valence-electron chi connectivity index (χ3n) is 2.16. The number of amides is 1. The molecule has 0 saturated carbocycles. The minimum absolute atomic E-state index is 0.114. The van der Waals surface area contributed by atoms with Crippen LogP contribution >= 0.6 is 15.9 Å². The Bertz CT molecular complexity index is 309. The Balaban J connectivity index is 2.22. The van der Waals surface area contributed by atoms with Gasteiger partial charge in [-0.2, -0.15) is 0 Å². The van der Waals surface area contributed by atoms with Crippen molar-refractivity contribution in [3.05, 3.63) is 23.7 Å². The summed E-state index contributed by atoms with van der Waals surface area (Å²) >= 11 is 3.37. The van der Waals surface area contributed by atoms with Crippen LogP contribution in [0.15, 0.2) is 16.7 Å². The lowest BCUT2D eigenvalue weighted by atomic mass is 10.2. The number of carbonyl (C=O) groups excluding carboxylic acids is 1. The molecule has 0 aliphatic carbocycles. The maximum atomic E-state index is 11.5. The quantitative estimate of drug-likeness (QED) is 0.640. The second-order valence-corrected chi connectivity index (χ2v) is 4.23. The van der Waals surface area contributed by atoms with Crippen molar-refractivity contribution in [1.29, 1.82) is 0 Å². The van der Waals surface area contributed by atoms with Gasteiger partial charge in [-0.25, -0.2) is 0 Å². The summed E-state index contributed by atoms with van der Waals surface area (Å²) in [5, 5.41) is 3.86. The van der Waals surface area contributed by atoms with Gasteiger partial charge in [0.2, 0.25) is 0 Å². The van der Waals surface area contributed by atoms with Gasteiger partial charge in [-0.15, -0.1) is 0 Å². The fourth-order valence-electron chi connectivity index (χ4n) is 1.28. The molecular formula is C11H16BrNO2. The fraction of sp³-hybridized carbons (Fsp3) is 0.545. The third-order valence-corrected chi connectivity index (χ3v) is 2.73. The lowest BCUT2D eigenvalue weighted by Crippen LogP contribution is -2.24. The maximum Gasteiger partial charge on any atom is 0.287 e. The second-order valence-electron chi connectivity index (χ2n) is 3.44. The van der Waals surface area contributed by atoms with Crippen molar-refractivity contribution in [2.45, 2.75) is 26.2 Å². The first-order chi connectivity index (χ1) is 7.25. The molecule has 3 nitrogen and oxygen atoms in total. The maximum absolute atomic E-state index is 11.5. The van der Waals surface area contributed by atoms with Crippen LogP contribution in [0.3, 0.4) is 0 Å². The first-order valence-corrected chi connectivity index (χ1v) is 6.26. The molecule has 0 aliphatic heterocycles. The van der Waals surface area contributed by atoms with Crippen LogP contribution in [0.4, 0.5) is 0 Å². The summed E-state index contributed by atoms with van der Waals surface area (Å²) in [5.74, 6) is 0.312. The monoisotopic (exact) mass is 273 g/mol.